The maximum absolute atomic E-state index is 8.26. The van der Waals surface area contributed by atoms with Crippen molar-refractivity contribution < 1.29 is 46.3 Å². The fraction of sp³-hybridized carbons (Fsp3) is 1.00. The van der Waals surface area contributed by atoms with E-state index in [9.17, 15) is 0 Å². The Balaban J connectivity index is -0.00000000500. The predicted molar refractivity (Wildman–Crippen MR) is 14.8 cm³/mol. The van der Waals surface area contributed by atoms with E-state index in [4.69, 9.17) is 6.80 Å². The third kappa shape index (κ3) is 82.5. The van der Waals surface area contributed by atoms with Gasteiger partial charge < -0.3 is 0 Å². The molecule has 0 aliphatic carbocycles. The molecule has 0 aliphatic heterocycles. The second-order valence-corrected chi connectivity index (χ2v) is 0. The number of hydrogen-bond donors (Lipinski definition) is 0. The van der Waals surface area contributed by atoms with E-state index in [1.165, 1.54) is 0 Å². The summed E-state index contributed by atoms with van der Waals surface area (Å²) in [6, 6.07) is 0. The molecule has 0 radical (unpaired) electrons. The predicted octanol–water partition coefficient (Wildman–Crippen LogP) is 1.03. The molecule has 0 unspecified atom stereocenters. The summed E-state index contributed by atoms with van der Waals surface area (Å²) in [6.07, 6.45) is 0. The van der Waals surface area contributed by atoms with E-state index in [0.29, 0.717) is 39.6 Å². The Kier molecular flexibility index (Phi) is 727. The fourth-order valence-corrected chi connectivity index (χ4v) is 0. The second-order valence-electron chi connectivity index (χ2n) is 0. The first-order valence-corrected chi connectivity index (χ1v) is 1.97. The van der Waals surface area contributed by atoms with Gasteiger partial charge >= 0.3 is 46.3 Å². The van der Waals surface area contributed by atoms with E-state index in [-0.39, 0.29) is 14.9 Å². The minimum atomic E-state index is 0. The van der Waals surface area contributed by atoms with Crippen molar-refractivity contribution in [3.63, 3.8) is 0 Å². The van der Waals surface area contributed by atoms with E-state index >= 15 is 0 Å². The molecular formula is C2H8Mo2O2. The first-order valence-electron chi connectivity index (χ1n) is 0.333. The van der Waals surface area contributed by atoms with Gasteiger partial charge in [0.1, 0.15) is 0 Å². The van der Waals surface area contributed by atoms with E-state index in [0.717, 1.165) is 0 Å². The monoisotopic (exact) mass is 260 g/mol. The molecule has 40 valence electrons. The molecule has 0 saturated carbocycles. The molecular weight excluding hydrogens is 248 g/mol. The quantitative estimate of drug-likeness (QED) is 0.606. The second kappa shape index (κ2) is 155. The van der Waals surface area contributed by atoms with Crippen LogP contribution in [0.3, 0.4) is 0 Å². The van der Waals surface area contributed by atoms with Gasteiger partial charge in [-0.25, -0.2) is 0 Å². The summed E-state index contributed by atoms with van der Waals surface area (Å²) >= 11 is 1.40. The van der Waals surface area contributed by atoms with Gasteiger partial charge in [0, 0.05) is 0 Å². The molecule has 0 aromatic carbocycles. The van der Waals surface area contributed by atoms with Crippen molar-refractivity contribution in [1.82, 2.24) is 0 Å². The van der Waals surface area contributed by atoms with Gasteiger partial charge in [-0.1, -0.05) is 14.9 Å². The average molecular weight is 256 g/mol. The van der Waals surface area contributed by atoms with Crippen LogP contribution in [0.5, 0.6) is 0 Å². The standard InChI is InChI=1S/2CH4.2Mo.2O/h2*1H4;;;;. The van der Waals surface area contributed by atoms with Gasteiger partial charge in [0.2, 0.25) is 0 Å². The zero-order valence-electron chi connectivity index (χ0n) is 1.63. The summed E-state index contributed by atoms with van der Waals surface area (Å²) < 4.78 is 16.5. The molecule has 0 aliphatic rings. The van der Waals surface area contributed by atoms with Crippen LogP contribution in [0, 0.1) is 0 Å². The molecule has 0 rings (SSSR count). The first-order chi connectivity index (χ1) is 2.00. The summed E-state index contributed by atoms with van der Waals surface area (Å²) in [5.41, 5.74) is 0. The molecule has 6 heavy (non-hydrogen) atoms. The van der Waals surface area contributed by atoms with Crippen LogP contribution in [-0.4, -0.2) is 0 Å². The third-order valence-electron chi connectivity index (χ3n) is 0. The molecule has 0 N–H and O–H groups in total. The zero-order valence-corrected chi connectivity index (χ0v) is 5.65. The van der Waals surface area contributed by atoms with Crippen LogP contribution >= 0.6 is 0 Å². The molecule has 0 fully saturated rings. The Labute approximate surface area is 61.1 Å². The first kappa shape index (κ1) is 28.1. The Morgan fingerprint density at radius 2 is 0.667 bits per heavy atom. The number of rotatable bonds is 0. The van der Waals surface area contributed by atoms with Gasteiger partial charge in [0.05, 0.1) is 0 Å². The van der Waals surface area contributed by atoms with Crippen LogP contribution in [0.1, 0.15) is 14.9 Å². The van der Waals surface area contributed by atoms with E-state index < -0.39 is 0 Å². The van der Waals surface area contributed by atoms with Crippen molar-refractivity contribution in [2.45, 2.75) is 14.9 Å². The van der Waals surface area contributed by atoms with E-state index in [1.807, 2.05) is 0 Å². The molecule has 0 aromatic heterocycles. The van der Waals surface area contributed by atoms with Crippen LogP contribution in [0.2, 0.25) is 0 Å². The summed E-state index contributed by atoms with van der Waals surface area (Å²) in [4.78, 5) is 0. The molecule has 0 atom stereocenters. The molecule has 0 spiro atoms. The Morgan fingerprint density at radius 1 is 0.667 bits per heavy atom. The molecule has 4 heteroatoms. The van der Waals surface area contributed by atoms with Crippen molar-refractivity contribution in [2.24, 2.45) is 0 Å². The zero-order chi connectivity index (χ0) is 4.00. The van der Waals surface area contributed by atoms with Gasteiger partial charge in [-0.05, 0) is 0 Å². The van der Waals surface area contributed by atoms with Gasteiger partial charge in [0.15, 0.2) is 0 Å². The van der Waals surface area contributed by atoms with Gasteiger partial charge in [-0.3, -0.25) is 0 Å². The topological polar surface area (TPSA) is 34.1 Å². The van der Waals surface area contributed by atoms with Gasteiger partial charge in [0.25, 0.3) is 0 Å². The molecule has 2 nitrogen and oxygen atoms in total. The molecule has 0 aromatic rings. The molecule has 0 heterocycles. The summed E-state index contributed by atoms with van der Waals surface area (Å²) in [5.74, 6) is 0. The van der Waals surface area contributed by atoms with Gasteiger partial charge in [-0.2, -0.15) is 0 Å². The Morgan fingerprint density at radius 3 is 0.667 bits per heavy atom. The normalized spacial score (nSPS) is 1.33. The van der Waals surface area contributed by atoms with Crippen molar-refractivity contribution in [1.29, 1.82) is 0 Å². The molecule has 0 saturated heterocycles. The maximum atomic E-state index is 8.26. The molecule has 0 bridgehead atoms. The summed E-state index contributed by atoms with van der Waals surface area (Å²) in [5, 5.41) is 0. The van der Waals surface area contributed by atoms with Crippen molar-refractivity contribution in [2.75, 3.05) is 0 Å². The Hall–Kier alpha value is 0.977. The number of hydrogen-bond acceptors (Lipinski definition) is 2. The van der Waals surface area contributed by atoms with E-state index in [2.05, 4.69) is 0 Å². The average Bonchev–Trinajstić information content (AvgIpc) is 1.50. The SMILES string of the molecule is C.C.[O]=[Mo].[O]=[Mo]. The fourth-order valence-electron chi connectivity index (χ4n) is 0. The Bertz CT molecular complexity index is 11.5. The molecule has 0 amide bonds. The van der Waals surface area contributed by atoms with Crippen LogP contribution < -0.4 is 0 Å². The summed E-state index contributed by atoms with van der Waals surface area (Å²) in [7, 11) is 0. The van der Waals surface area contributed by atoms with Crippen molar-refractivity contribution >= 4 is 0 Å². The van der Waals surface area contributed by atoms with E-state index in [1.54, 1.807) is 0 Å². The van der Waals surface area contributed by atoms with Crippen LogP contribution in [-0.2, 0) is 46.3 Å². The van der Waals surface area contributed by atoms with Crippen LogP contribution in [0.25, 0.3) is 0 Å². The van der Waals surface area contributed by atoms with Gasteiger partial charge in [-0.15, -0.1) is 0 Å². The van der Waals surface area contributed by atoms with Crippen molar-refractivity contribution in [3.05, 3.63) is 0 Å². The van der Waals surface area contributed by atoms with Crippen LogP contribution in [0.15, 0.2) is 0 Å². The minimum absolute atomic E-state index is 0. The summed E-state index contributed by atoms with van der Waals surface area (Å²) in [6.45, 7) is 0. The van der Waals surface area contributed by atoms with Crippen LogP contribution in [0.4, 0.5) is 0 Å². The van der Waals surface area contributed by atoms with Crippen molar-refractivity contribution in [3.8, 4) is 0 Å². The third-order valence-corrected chi connectivity index (χ3v) is 0.